The number of aromatic nitrogens is 7. The highest BCUT2D eigenvalue weighted by molar-refractivity contribution is 5.67. The molecule has 9 heteroatoms. The first-order valence-electron chi connectivity index (χ1n) is 10.3. The van der Waals surface area contributed by atoms with E-state index in [4.69, 9.17) is 0 Å². The van der Waals surface area contributed by atoms with Crippen LogP contribution in [0.5, 0.6) is 0 Å². The lowest BCUT2D eigenvalue weighted by Crippen LogP contribution is -2.26. The molecule has 0 radical (unpaired) electrons. The minimum absolute atomic E-state index is 0.303. The van der Waals surface area contributed by atoms with E-state index >= 15 is 0 Å². The van der Waals surface area contributed by atoms with Gasteiger partial charge in [0.05, 0.1) is 36.4 Å². The molecule has 9 nitrogen and oxygen atoms in total. The van der Waals surface area contributed by atoms with Gasteiger partial charge in [0.1, 0.15) is 12.0 Å². The third-order valence-corrected chi connectivity index (χ3v) is 5.48. The summed E-state index contributed by atoms with van der Waals surface area (Å²) < 4.78 is 3.86. The summed E-state index contributed by atoms with van der Waals surface area (Å²) in [5, 5.41) is 22.7. The molecule has 31 heavy (non-hydrogen) atoms. The Morgan fingerprint density at radius 2 is 1.97 bits per heavy atom. The zero-order valence-electron chi connectivity index (χ0n) is 17.5. The van der Waals surface area contributed by atoms with Crippen LogP contribution in [0, 0.1) is 13.8 Å². The van der Waals surface area contributed by atoms with Crippen molar-refractivity contribution in [2.75, 3.05) is 5.32 Å². The second kappa shape index (κ2) is 7.92. The predicted molar refractivity (Wildman–Crippen MR) is 116 cm³/mol. The summed E-state index contributed by atoms with van der Waals surface area (Å²) in [5.41, 5.74) is 5.68. The van der Waals surface area contributed by atoms with Crippen molar-refractivity contribution < 1.29 is 5.11 Å². The first-order chi connectivity index (χ1) is 15.1. The van der Waals surface area contributed by atoms with E-state index in [1.807, 2.05) is 41.5 Å². The average Bonchev–Trinajstić information content (AvgIpc) is 3.45. The molecule has 1 unspecified atom stereocenters. The minimum Gasteiger partial charge on any atom is -0.372 e. The van der Waals surface area contributed by atoms with E-state index in [-0.39, 0.29) is 0 Å². The number of rotatable bonds is 7. The van der Waals surface area contributed by atoms with Crippen molar-refractivity contribution in [2.45, 2.75) is 45.5 Å². The zero-order valence-corrected chi connectivity index (χ0v) is 17.5. The van der Waals surface area contributed by atoms with Crippen LogP contribution in [-0.2, 0) is 6.54 Å². The number of hydrogen-bond acceptors (Lipinski definition) is 7. The Morgan fingerprint density at radius 1 is 1.10 bits per heavy atom. The van der Waals surface area contributed by atoms with Crippen molar-refractivity contribution in [3.63, 3.8) is 0 Å². The number of aliphatic hydroxyl groups is 1. The molecule has 0 saturated heterocycles. The molecule has 1 aliphatic rings. The Balaban J connectivity index is 1.27. The van der Waals surface area contributed by atoms with Crippen LogP contribution in [0.4, 0.5) is 5.82 Å². The van der Waals surface area contributed by atoms with Crippen molar-refractivity contribution >= 4 is 5.82 Å². The predicted octanol–water partition coefficient (Wildman–Crippen LogP) is 2.98. The topological polar surface area (TPSA) is 107 Å². The highest BCUT2D eigenvalue weighted by Crippen LogP contribution is 2.36. The fourth-order valence-electron chi connectivity index (χ4n) is 3.76. The number of aryl methyl sites for hydroxylation is 1. The van der Waals surface area contributed by atoms with E-state index in [9.17, 15) is 5.11 Å². The molecule has 158 valence electrons. The van der Waals surface area contributed by atoms with E-state index < -0.39 is 6.23 Å². The molecule has 0 amide bonds. The number of nitrogens with zero attached hydrogens (tertiary/aromatic N) is 7. The molecule has 4 aromatic heterocycles. The molecule has 0 bridgehead atoms. The lowest BCUT2D eigenvalue weighted by Gasteiger charge is -2.15. The first-order valence-corrected chi connectivity index (χ1v) is 10.3. The van der Waals surface area contributed by atoms with Crippen LogP contribution in [0.1, 0.15) is 30.3 Å². The van der Waals surface area contributed by atoms with Crippen molar-refractivity contribution in [1.29, 1.82) is 0 Å². The van der Waals surface area contributed by atoms with Gasteiger partial charge in [-0.3, -0.25) is 19.3 Å². The molecule has 4 heterocycles. The van der Waals surface area contributed by atoms with Crippen LogP contribution >= 0.6 is 0 Å². The van der Waals surface area contributed by atoms with Crippen molar-refractivity contribution in [3.8, 4) is 22.4 Å². The summed E-state index contributed by atoms with van der Waals surface area (Å²) >= 11 is 0. The third-order valence-electron chi connectivity index (χ3n) is 5.48. The van der Waals surface area contributed by atoms with Crippen LogP contribution in [0.3, 0.4) is 0 Å². The summed E-state index contributed by atoms with van der Waals surface area (Å²) in [6.07, 6.45) is 12.2. The summed E-state index contributed by atoms with van der Waals surface area (Å²) in [5.74, 6) is 0.576. The molecule has 4 aromatic rings. The van der Waals surface area contributed by atoms with Gasteiger partial charge in [0.25, 0.3) is 0 Å². The molecule has 2 N–H and O–H groups in total. The van der Waals surface area contributed by atoms with Gasteiger partial charge in [-0.2, -0.15) is 10.2 Å². The highest BCUT2D eigenvalue weighted by Gasteiger charge is 2.25. The lowest BCUT2D eigenvalue weighted by molar-refractivity contribution is 0.175. The third kappa shape index (κ3) is 4.04. The van der Waals surface area contributed by atoms with E-state index in [0.29, 0.717) is 18.4 Å². The zero-order chi connectivity index (χ0) is 21.4. The van der Waals surface area contributed by atoms with E-state index in [2.05, 4.69) is 36.7 Å². The number of hydrogen-bond donors (Lipinski definition) is 2. The van der Waals surface area contributed by atoms with Crippen LogP contribution in [0.15, 0.2) is 49.3 Å². The van der Waals surface area contributed by atoms with Gasteiger partial charge in [-0.05, 0) is 38.8 Å². The van der Waals surface area contributed by atoms with Gasteiger partial charge in [0.2, 0.25) is 0 Å². The van der Waals surface area contributed by atoms with Crippen LogP contribution in [0.25, 0.3) is 22.4 Å². The number of aliphatic hydroxyl groups excluding tert-OH is 1. The molecule has 1 aliphatic carbocycles. The standard InChI is InChI=1S/C22H24N8O/c1-14-22(17-10-26-30(12-17)18-4-5-18)15(2)29(28-14)13-21(31)27-20-6-3-16(9-25-20)19-11-23-7-8-24-19/h3,6-12,18,21,31H,4-5,13H2,1-2H3,(H,25,27). The molecular formula is C22H24N8O. The fraction of sp³-hybridized carbons (Fsp3) is 0.318. The van der Waals surface area contributed by atoms with Gasteiger partial charge < -0.3 is 10.4 Å². The second-order valence-corrected chi connectivity index (χ2v) is 7.85. The second-order valence-electron chi connectivity index (χ2n) is 7.85. The van der Waals surface area contributed by atoms with E-state index in [1.54, 1.807) is 24.8 Å². The Hall–Kier alpha value is -3.59. The van der Waals surface area contributed by atoms with Crippen molar-refractivity contribution in [2.24, 2.45) is 0 Å². The maximum atomic E-state index is 10.6. The van der Waals surface area contributed by atoms with Gasteiger partial charge >= 0.3 is 0 Å². The van der Waals surface area contributed by atoms with Crippen molar-refractivity contribution in [1.82, 2.24) is 34.5 Å². The maximum Gasteiger partial charge on any atom is 0.145 e. The van der Waals surface area contributed by atoms with Crippen molar-refractivity contribution in [3.05, 3.63) is 60.7 Å². The van der Waals surface area contributed by atoms with E-state index in [0.717, 1.165) is 33.8 Å². The quantitative estimate of drug-likeness (QED) is 0.446. The number of anilines is 1. The number of pyridine rings is 1. The van der Waals surface area contributed by atoms with Gasteiger partial charge in [0.15, 0.2) is 0 Å². The molecule has 0 aliphatic heterocycles. The van der Waals surface area contributed by atoms with Crippen LogP contribution in [-0.4, -0.2) is 45.8 Å². The van der Waals surface area contributed by atoms with Gasteiger partial charge in [-0.1, -0.05) is 0 Å². The van der Waals surface area contributed by atoms with Gasteiger partial charge in [0, 0.05) is 47.2 Å². The summed E-state index contributed by atoms with van der Waals surface area (Å²) in [6.45, 7) is 4.31. The number of nitrogens with one attached hydrogen (secondary N) is 1. The largest absolute Gasteiger partial charge is 0.372 e. The molecule has 1 saturated carbocycles. The SMILES string of the molecule is Cc1nn(CC(O)Nc2ccc(-c3cnccn3)cn2)c(C)c1-c1cnn(C2CC2)c1. The Bertz CT molecular complexity index is 1180. The molecule has 1 fully saturated rings. The molecule has 1 atom stereocenters. The van der Waals surface area contributed by atoms with Crippen LogP contribution < -0.4 is 5.32 Å². The molecule has 5 rings (SSSR count). The average molecular weight is 416 g/mol. The highest BCUT2D eigenvalue weighted by atomic mass is 16.3. The van der Waals surface area contributed by atoms with Gasteiger partial charge in [-0.25, -0.2) is 4.98 Å². The Kier molecular flexibility index (Phi) is 4.95. The maximum absolute atomic E-state index is 10.6. The normalized spacial score (nSPS) is 14.5. The Labute approximate surface area is 179 Å². The van der Waals surface area contributed by atoms with E-state index in [1.165, 1.54) is 12.8 Å². The molecular weight excluding hydrogens is 392 g/mol. The Morgan fingerprint density at radius 3 is 2.68 bits per heavy atom. The first kappa shape index (κ1) is 19.4. The molecule has 0 aromatic carbocycles. The fourth-order valence-corrected chi connectivity index (χ4v) is 3.76. The summed E-state index contributed by atoms with van der Waals surface area (Å²) in [7, 11) is 0. The minimum atomic E-state index is -0.838. The summed E-state index contributed by atoms with van der Waals surface area (Å²) in [6, 6.07) is 4.25. The monoisotopic (exact) mass is 416 g/mol. The molecule has 0 spiro atoms. The van der Waals surface area contributed by atoms with Gasteiger partial charge in [-0.15, -0.1) is 0 Å². The lowest BCUT2D eigenvalue weighted by atomic mass is 10.1. The smallest absolute Gasteiger partial charge is 0.145 e. The summed E-state index contributed by atoms with van der Waals surface area (Å²) in [4.78, 5) is 12.7. The van der Waals surface area contributed by atoms with Crippen LogP contribution in [0.2, 0.25) is 0 Å².